The monoisotopic (exact) mass is 492 g/mol. The number of carbonyl (C=O) groups excluding carboxylic acids is 3. The maximum atomic E-state index is 15.0. The lowest BCUT2D eigenvalue weighted by atomic mass is 9.94. The number of hydrogen-bond donors (Lipinski definition) is 1. The molecule has 0 bridgehead atoms. The van der Waals surface area contributed by atoms with Gasteiger partial charge < -0.3 is 9.84 Å². The first kappa shape index (κ1) is 22.9. The second-order valence-electron chi connectivity index (χ2n) is 8.61. The van der Waals surface area contributed by atoms with Crippen molar-refractivity contribution in [3.05, 3.63) is 81.1 Å². The fourth-order valence-corrected chi connectivity index (χ4v) is 5.55. The molecule has 178 valence electrons. The quantitative estimate of drug-likeness (QED) is 0.245. The summed E-state index contributed by atoms with van der Waals surface area (Å²) in [6.07, 6.45) is 0.614. The topological polar surface area (TPSA) is 96.8 Å². The highest BCUT2D eigenvalue weighted by Crippen LogP contribution is 2.45. The molecule has 0 spiro atoms. The molecule has 9 heteroatoms. The van der Waals surface area contributed by atoms with E-state index in [1.807, 2.05) is 6.92 Å². The Bertz CT molecular complexity index is 1440. The zero-order valence-electron chi connectivity index (χ0n) is 19.2. The number of rotatable bonds is 4. The van der Waals surface area contributed by atoms with Crippen LogP contribution in [-0.2, 0) is 16.0 Å². The predicted octanol–water partition coefficient (Wildman–Crippen LogP) is 4.74. The Hall–Kier alpha value is -3.85. The number of aryl methyl sites for hydroxylation is 1. The number of ether oxygens (including phenoxy) is 1. The average molecular weight is 493 g/mol. The van der Waals surface area contributed by atoms with E-state index >= 15 is 4.39 Å². The lowest BCUT2D eigenvalue weighted by Gasteiger charge is -2.23. The highest BCUT2D eigenvalue weighted by atomic mass is 32.1. The van der Waals surface area contributed by atoms with Gasteiger partial charge in [-0.1, -0.05) is 29.5 Å². The molecule has 35 heavy (non-hydrogen) atoms. The minimum Gasteiger partial charge on any atom is -0.507 e. The molecule has 2 aromatic carbocycles. The number of amides is 1. The maximum Gasteiger partial charge on any atom is 0.301 e. The largest absolute Gasteiger partial charge is 0.507 e. The Morgan fingerprint density at radius 1 is 1.23 bits per heavy atom. The Balaban J connectivity index is 1.71. The SMILES string of the molecule is CC(=O)c1sc(N2C(=O)C(=O)C(=C(O)c3ccc4c(c3)C[C@@H](C)O4)[C@@H]2c2ccccc2F)nc1C. The molecule has 1 saturated heterocycles. The summed E-state index contributed by atoms with van der Waals surface area (Å²) in [5.41, 5.74) is 1.37. The van der Waals surface area contributed by atoms with Crippen molar-refractivity contribution in [2.45, 2.75) is 39.3 Å². The van der Waals surface area contributed by atoms with Gasteiger partial charge in [0.2, 0.25) is 0 Å². The number of thiazole rings is 1. The van der Waals surface area contributed by atoms with E-state index in [2.05, 4.69) is 4.98 Å². The normalized spacial score (nSPS) is 20.7. The molecular formula is C26H21FN2O5S. The fourth-order valence-electron chi connectivity index (χ4n) is 4.56. The van der Waals surface area contributed by atoms with E-state index < -0.39 is 29.3 Å². The lowest BCUT2D eigenvalue weighted by molar-refractivity contribution is -0.132. The molecule has 0 radical (unpaired) electrons. The number of benzene rings is 2. The zero-order chi connectivity index (χ0) is 25.0. The summed E-state index contributed by atoms with van der Waals surface area (Å²) in [4.78, 5) is 44.2. The summed E-state index contributed by atoms with van der Waals surface area (Å²) >= 11 is 0.950. The first-order valence-electron chi connectivity index (χ1n) is 11.0. The van der Waals surface area contributed by atoms with Crippen LogP contribution in [0.4, 0.5) is 9.52 Å². The first-order chi connectivity index (χ1) is 16.7. The smallest absolute Gasteiger partial charge is 0.301 e. The summed E-state index contributed by atoms with van der Waals surface area (Å²) < 4.78 is 20.7. The number of halogens is 1. The molecule has 1 N–H and O–H groups in total. The molecule has 2 atom stereocenters. The van der Waals surface area contributed by atoms with Crippen molar-refractivity contribution in [3.63, 3.8) is 0 Å². The van der Waals surface area contributed by atoms with Gasteiger partial charge in [0.25, 0.3) is 5.78 Å². The number of ketones is 2. The molecule has 0 saturated carbocycles. The summed E-state index contributed by atoms with van der Waals surface area (Å²) in [6.45, 7) is 4.93. The third kappa shape index (κ3) is 3.72. The Morgan fingerprint density at radius 3 is 2.66 bits per heavy atom. The van der Waals surface area contributed by atoms with Crippen LogP contribution >= 0.6 is 11.3 Å². The maximum absolute atomic E-state index is 15.0. The number of nitrogens with zero attached hydrogens (tertiary/aromatic N) is 2. The molecule has 1 fully saturated rings. The van der Waals surface area contributed by atoms with Crippen molar-refractivity contribution < 1.29 is 28.6 Å². The number of fused-ring (bicyclic) bond motifs is 1. The number of anilines is 1. The molecule has 1 amide bonds. The van der Waals surface area contributed by atoms with Crippen molar-refractivity contribution >= 4 is 39.7 Å². The number of Topliss-reactive ketones (excluding diaryl/α,β-unsaturated/α-hetero) is 2. The minimum atomic E-state index is -1.26. The summed E-state index contributed by atoms with van der Waals surface area (Å²) in [7, 11) is 0. The van der Waals surface area contributed by atoms with Gasteiger partial charge in [-0.05, 0) is 43.7 Å². The molecule has 1 aromatic heterocycles. The van der Waals surface area contributed by atoms with E-state index in [9.17, 15) is 19.5 Å². The summed E-state index contributed by atoms with van der Waals surface area (Å²) in [5, 5.41) is 11.4. The van der Waals surface area contributed by atoms with E-state index in [0.29, 0.717) is 28.3 Å². The van der Waals surface area contributed by atoms with Crippen molar-refractivity contribution in [2.75, 3.05) is 4.90 Å². The molecule has 5 rings (SSSR count). The number of aliphatic hydroxyl groups excluding tert-OH is 1. The van der Waals surface area contributed by atoms with Gasteiger partial charge in [0.15, 0.2) is 10.9 Å². The van der Waals surface area contributed by atoms with Crippen LogP contribution in [0.25, 0.3) is 5.76 Å². The molecular weight excluding hydrogens is 471 g/mol. The van der Waals surface area contributed by atoms with Gasteiger partial charge in [-0.25, -0.2) is 9.37 Å². The van der Waals surface area contributed by atoms with Gasteiger partial charge in [0, 0.05) is 24.5 Å². The van der Waals surface area contributed by atoms with Crippen LogP contribution in [0.15, 0.2) is 48.0 Å². The van der Waals surface area contributed by atoms with Gasteiger partial charge in [0.1, 0.15) is 29.5 Å². The van der Waals surface area contributed by atoms with Crippen LogP contribution in [0.2, 0.25) is 0 Å². The van der Waals surface area contributed by atoms with E-state index in [1.54, 1.807) is 31.2 Å². The molecule has 7 nitrogen and oxygen atoms in total. The van der Waals surface area contributed by atoms with Crippen LogP contribution in [0.3, 0.4) is 0 Å². The first-order valence-corrected chi connectivity index (χ1v) is 11.8. The van der Waals surface area contributed by atoms with Crippen molar-refractivity contribution in [1.29, 1.82) is 0 Å². The molecule has 0 unspecified atom stereocenters. The number of hydrogen-bond acceptors (Lipinski definition) is 7. The fraction of sp³-hybridized carbons (Fsp3) is 0.231. The van der Waals surface area contributed by atoms with E-state index in [-0.39, 0.29) is 28.2 Å². The predicted molar refractivity (Wildman–Crippen MR) is 128 cm³/mol. The highest BCUT2D eigenvalue weighted by Gasteiger charge is 2.49. The molecule has 2 aliphatic rings. The van der Waals surface area contributed by atoms with Crippen LogP contribution in [0.1, 0.15) is 51.9 Å². The molecule has 3 aromatic rings. The van der Waals surface area contributed by atoms with E-state index in [4.69, 9.17) is 4.74 Å². The lowest BCUT2D eigenvalue weighted by Crippen LogP contribution is -2.29. The standard InChI is InChI=1S/C26H21FN2O5S/c1-12-10-16-11-15(8-9-19(16)34-12)22(31)20-21(17-6-4-5-7-18(17)27)29(25(33)23(20)32)26-28-13(2)24(35-26)14(3)30/h4-9,11-12,21,31H,10H2,1-3H3/t12-,21+/m1/s1. The molecule has 2 aliphatic heterocycles. The van der Waals surface area contributed by atoms with Crippen molar-refractivity contribution in [2.24, 2.45) is 0 Å². The average Bonchev–Trinajstić information content (AvgIpc) is 3.46. The molecule has 3 heterocycles. The van der Waals surface area contributed by atoms with Crippen LogP contribution in [0.5, 0.6) is 5.75 Å². The van der Waals surface area contributed by atoms with Crippen LogP contribution < -0.4 is 9.64 Å². The second kappa shape index (κ2) is 8.42. The Kier molecular flexibility index (Phi) is 5.52. The van der Waals surface area contributed by atoms with Crippen LogP contribution in [-0.4, -0.2) is 33.7 Å². The zero-order valence-corrected chi connectivity index (χ0v) is 20.0. The van der Waals surface area contributed by atoms with Gasteiger partial charge in [0.05, 0.1) is 16.1 Å². The number of carbonyl (C=O) groups is 3. The Morgan fingerprint density at radius 2 is 1.97 bits per heavy atom. The summed E-state index contributed by atoms with van der Waals surface area (Å²) in [5.74, 6) is -2.53. The number of aliphatic hydroxyl groups is 1. The third-order valence-corrected chi connectivity index (χ3v) is 7.38. The number of aromatic nitrogens is 1. The van der Waals surface area contributed by atoms with Crippen molar-refractivity contribution in [1.82, 2.24) is 4.98 Å². The van der Waals surface area contributed by atoms with E-state index in [1.165, 1.54) is 25.1 Å². The van der Waals surface area contributed by atoms with Gasteiger partial charge in [-0.15, -0.1) is 0 Å². The van der Waals surface area contributed by atoms with Gasteiger partial charge in [-0.2, -0.15) is 0 Å². The second-order valence-corrected chi connectivity index (χ2v) is 9.59. The molecule has 0 aliphatic carbocycles. The summed E-state index contributed by atoms with van der Waals surface area (Å²) in [6, 6.07) is 9.50. The minimum absolute atomic E-state index is 0.0185. The highest BCUT2D eigenvalue weighted by molar-refractivity contribution is 7.18. The van der Waals surface area contributed by atoms with Crippen molar-refractivity contribution in [3.8, 4) is 5.75 Å². The van der Waals surface area contributed by atoms with Gasteiger partial charge >= 0.3 is 5.91 Å². The Labute approximate surface area is 204 Å². The van der Waals surface area contributed by atoms with Gasteiger partial charge in [-0.3, -0.25) is 19.3 Å². The third-order valence-electron chi connectivity index (χ3n) is 6.12. The van der Waals surface area contributed by atoms with E-state index in [0.717, 1.165) is 21.8 Å². The van der Waals surface area contributed by atoms with Crippen LogP contribution in [0, 0.1) is 12.7 Å².